The molecular formula is C24H23FN2O3S. The van der Waals surface area contributed by atoms with E-state index in [-0.39, 0.29) is 28.9 Å². The van der Waals surface area contributed by atoms with Crippen LogP contribution in [-0.2, 0) is 22.6 Å². The van der Waals surface area contributed by atoms with Crippen molar-refractivity contribution in [2.45, 2.75) is 25.6 Å². The van der Waals surface area contributed by atoms with Crippen LogP contribution in [0.2, 0.25) is 0 Å². The fourth-order valence-corrected chi connectivity index (χ4v) is 4.74. The Morgan fingerprint density at radius 3 is 2.42 bits per heavy atom. The highest BCUT2D eigenvalue weighted by molar-refractivity contribution is 7.90. The van der Waals surface area contributed by atoms with E-state index in [9.17, 15) is 17.6 Å². The van der Waals surface area contributed by atoms with Gasteiger partial charge in [0.1, 0.15) is 5.82 Å². The zero-order chi connectivity index (χ0) is 22.3. The van der Waals surface area contributed by atoms with Gasteiger partial charge >= 0.3 is 0 Å². The van der Waals surface area contributed by atoms with E-state index < -0.39 is 9.84 Å². The van der Waals surface area contributed by atoms with E-state index >= 15 is 0 Å². The van der Waals surface area contributed by atoms with Crippen molar-refractivity contribution in [2.75, 3.05) is 5.75 Å². The van der Waals surface area contributed by atoms with Gasteiger partial charge in [-0.05, 0) is 53.9 Å². The van der Waals surface area contributed by atoms with E-state index in [0.29, 0.717) is 11.3 Å². The lowest BCUT2D eigenvalue weighted by Gasteiger charge is -2.15. The maximum absolute atomic E-state index is 13.5. The Hall–Kier alpha value is -3.06. The fourth-order valence-electron chi connectivity index (χ4n) is 3.85. The summed E-state index contributed by atoms with van der Waals surface area (Å²) in [5.41, 5.74) is 5.20. The van der Waals surface area contributed by atoms with Crippen molar-refractivity contribution in [1.29, 1.82) is 0 Å². The van der Waals surface area contributed by atoms with E-state index in [1.165, 1.54) is 16.7 Å². The molecule has 0 spiro atoms. The van der Waals surface area contributed by atoms with Crippen molar-refractivity contribution in [2.24, 2.45) is 12.0 Å². The minimum atomic E-state index is -3.21. The zero-order valence-corrected chi connectivity index (χ0v) is 18.4. The van der Waals surface area contributed by atoms with Crippen LogP contribution in [-0.4, -0.2) is 24.4 Å². The zero-order valence-electron chi connectivity index (χ0n) is 17.6. The molecule has 0 amide bonds. The second-order valence-electron chi connectivity index (χ2n) is 7.81. The highest BCUT2D eigenvalue weighted by Gasteiger charge is 2.24. The van der Waals surface area contributed by atoms with Crippen molar-refractivity contribution < 1.29 is 12.8 Å². The monoisotopic (exact) mass is 438 g/mol. The standard InChI is InChI=1S/C24H23FN2O3S/c1-4-31(29,30)14-16-5-10-19-21(11-16)22-13-27(3)23(28)12-20(22)15(2)26-24(19)17-6-8-18(25)9-7-17/h5-13,15H,4,14H2,1-3H3/t15-/m0/s1. The Morgan fingerprint density at radius 1 is 1.03 bits per heavy atom. The minimum Gasteiger partial charge on any atom is -0.318 e. The largest absolute Gasteiger partial charge is 0.318 e. The Balaban J connectivity index is 2.00. The fraction of sp³-hybridized carbons (Fsp3) is 0.250. The number of rotatable bonds is 4. The predicted molar refractivity (Wildman–Crippen MR) is 121 cm³/mol. The van der Waals surface area contributed by atoms with Crippen LogP contribution >= 0.6 is 0 Å². The van der Waals surface area contributed by atoms with Crippen LogP contribution in [0.5, 0.6) is 0 Å². The first-order valence-corrected chi connectivity index (χ1v) is 11.9. The molecule has 7 heteroatoms. The summed E-state index contributed by atoms with van der Waals surface area (Å²) in [4.78, 5) is 17.2. The third-order valence-corrected chi connectivity index (χ3v) is 7.26. The van der Waals surface area contributed by atoms with Crippen molar-refractivity contribution in [3.05, 3.63) is 93.2 Å². The maximum atomic E-state index is 13.5. The van der Waals surface area contributed by atoms with Crippen LogP contribution < -0.4 is 5.56 Å². The lowest BCUT2D eigenvalue weighted by molar-refractivity contribution is 0.596. The molecule has 1 aliphatic heterocycles. The SMILES string of the molecule is CCS(=O)(=O)Cc1ccc2c(c1)-c1cn(C)c(=O)cc1[C@H](C)N=C2c1ccc(F)cc1. The first-order chi connectivity index (χ1) is 14.7. The number of fused-ring (bicyclic) bond motifs is 3. The van der Waals surface area contributed by atoms with E-state index in [2.05, 4.69) is 0 Å². The third-order valence-electron chi connectivity index (χ3n) is 5.61. The summed E-state index contributed by atoms with van der Waals surface area (Å²) in [7, 11) is -1.52. The second-order valence-corrected chi connectivity index (χ2v) is 10.2. The molecule has 0 radical (unpaired) electrons. The Labute approximate surface area is 180 Å². The lowest BCUT2D eigenvalue weighted by atomic mass is 9.91. The average Bonchev–Trinajstić information content (AvgIpc) is 2.84. The number of nitrogens with zero attached hydrogens (tertiary/aromatic N) is 2. The van der Waals surface area contributed by atoms with Crippen LogP contribution in [0.1, 0.15) is 42.1 Å². The summed E-state index contributed by atoms with van der Waals surface area (Å²) in [5.74, 6) is -0.331. The van der Waals surface area contributed by atoms with Crippen LogP contribution in [0.4, 0.5) is 4.39 Å². The lowest BCUT2D eigenvalue weighted by Crippen LogP contribution is -2.17. The Kier molecular flexibility index (Phi) is 5.39. The van der Waals surface area contributed by atoms with Crippen LogP contribution in [0, 0.1) is 5.82 Å². The number of hydrogen-bond donors (Lipinski definition) is 0. The molecule has 5 nitrogen and oxygen atoms in total. The van der Waals surface area contributed by atoms with Crippen molar-refractivity contribution in [3.63, 3.8) is 0 Å². The summed E-state index contributed by atoms with van der Waals surface area (Å²) in [6.07, 6.45) is 1.77. The van der Waals surface area contributed by atoms with Gasteiger partial charge in [-0.1, -0.05) is 19.1 Å². The Bertz CT molecular complexity index is 1360. The summed E-state index contributed by atoms with van der Waals surface area (Å²) in [5, 5.41) is 0. The second kappa shape index (κ2) is 7.89. The quantitative estimate of drug-likeness (QED) is 0.617. The number of halogens is 1. The number of hydrogen-bond acceptors (Lipinski definition) is 4. The van der Waals surface area contributed by atoms with Gasteiger partial charge in [0.25, 0.3) is 5.56 Å². The van der Waals surface area contributed by atoms with Gasteiger partial charge < -0.3 is 4.57 Å². The highest BCUT2D eigenvalue weighted by atomic mass is 32.2. The van der Waals surface area contributed by atoms with Gasteiger partial charge in [0.2, 0.25) is 0 Å². The number of aryl methyl sites for hydroxylation is 1. The van der Waals surface area contributed by atoms with Gasteiger partial charge in [0.15, 0.2) is 9.84 Å². The smallest absolute Gasteiger partial charge is 0.250 e. The molecule has 3 aromatic rings. The molecule has 0 aliphatic carbocycles. The molecule has 0 saturated carbocycles. The molecule has 2 aromatic carbocycles. The molecule has 0 unspecified atom stereocenters. The van der Waals surface area contributed by atoms with Gasteiger partial charge in [0.05, 0.1) is 17.5 Å². The molecule has 0 bridgehead atoms. The normalized spacial score (nSPS) is 15.6. The van der Waals surface area contributed by atoms with Gasteiger partial charge in [-0.15, -0.1) is 0 Å². The first kappa shape index (κ1) is 21.2. The molecule has 0 fully saturated rings. The van der Waals surface area contributed by atoms with Gasteiger partial charge in [-0.25, -0.2) is 12.8 Å². The van der Waals surface area contributed by atoms with Gasteiger partial charge in [-0.3, -0.25) is 9.79 Å². The number of sulfone groups is 1. The third kappa shape index (κ3) is 4.10. The molecule has 1 aliphatic rings. The van der Waals surface area contributed by atoms with Gasteiger partial charge in [0, 0.05) is 41.8 Å². The molecule has 0 N–H and O–H groups in total. The van der Waals surface area contributed by atoms with Crippen molar-refractivity contribution >= 4 is 15.5 Å². The average molecular weight is 439 g/mol. The number of pyridine rings is 1. The molecule has 160 valence electrons. The number of aromatic nitrogens is 1. The maximum Gasteiger partial charge on any atom is 0.250 e. The van der Waals surface area contributed by atoms with Crippen LogP contribution in [0.15, 0.2) is 64.5 Å². The summed E-state index contributed by atoms with van der Waals surface area (Å²) < 4.78 is 39.5. The first-order valence-electron chi connectivity index (χ1n) is 10.1. The summed E-state index contributed by atoms with van der Waals surface area (Å²) >= 11 is 0. The minimum absolute atomic E-state index is 0.0591. The van der Waals surface area contributed by atoms with Crippen LogP contribution in [0.3, 0.4) is 0 Å². The van der Waals surface area contributed by atoms with E-state index in [4.69, 9.17) is 4.99 Å². The highest BCUT2D eigenvalue weighted by Crippen LogP contribution is 2.37. The molecule has 0 saturated heterocycles. The van der Waals surface area contributed by atoms with Gasteiger partial charge in [-0.2, -0.15) is 0 Å². The molecule has 1 aromatic heterocycles. The summed E-state index contributed by atoms with van der Waals surface area (Å²) in [6, 6.07) is 12.9. The van der Waals surface area contributed by atoms with E-state index in [1.807, 2.05) is 19.1 Å². The van der Waals surface area contributed by atoms with Crippen molar-refractivity contribution in [3.8, 4) is 11.1 Å². The van der Waals surface area contributed by atoms with Crippen LogP contribution in [0.25, 0.3) is 11.1 Å². The predicted octanol–water partition coefficient (Wildman–Crippen LogP) is 4.04. The molecule has 31 heavy (non-hydrogen) atoms. The Morgan fingerprint density at radius 2 is 1.74 bits per heavy atom. The number of aliphatic imine (C=N–C) groups is 1. The van der Waals surface area contributed by atoms with E-state index in [0.717, 1.165) is 27.8 Å². The molecule has 4 rings (SSSR count). The summed E-state index contributed by atoms with van der Waals surface area (Å²) in [6.45, 7) is 3.54. The van der Waals surface area contributed by atoms with Crippen molar-refractivity contribution in [1.82, 2.24) is 4.57 Å². The van der Waals surface area contributed by atoms with E-state index in [1.54, 1.807) is 44.4 Å². The molecule has 2 heterocycles. The molecule has 1 atom stereocenters. The number of benzene rings is 2. The molecular weight excluding hydrogens is 415 g/mol. The topological polar surface area (TPSA) is 68.5 Å².